The molecule has 0 fully saturated rings. The van der Waals surface area contributed by atoms with Gasteiger partial charge in [-0.3, -0.25) is 4.79 Å². The average Bonchev–Trinajstić information content (AvgIpc) is 3.33. The molecule has 0 aliphatic heterocycles. The number of anilines is 1. The van der Waals surface area contributed by atoms with Crippen molar-refractivity contribution in [1.29, 1.82) is 0 Å². The fraction of sp³-hybridized carbons (Fsp3) is 0.450. The van der Waals surface area contributed by atoms with Gasteiger partial charge in [-0.2, -0.15) is 4.98 Å². The molecular weight excluding hydrogens is 422 g/mol. The molecule has 10 heteroatoms. The molecule has 0 unspecified atom stereocenters. The molecule has 0 saturated carbocycles. The summed E-state index contributed by atoms with van der Waals surface area (Å²) in [6.45, 7) is 8.21. The van der Waals surface area contributed by atoms with Crippen molar-refractivity contribution >= 4 is 45.8 Å². The van der Waals surface area contributed by atoms with E-state index in [4.69, 9.17) is 4.74 Å². The van der Waals surface area contributed by atoms with Crippen LogP contribution in [0.2, 0.25) is 0 Å². The number of hydrogen-bond acceptors (Lipinski definition) is 8. The Labute approximate surface area is 183 Å². The lowest BCUT2D eigenvalue weighted by molar-refractivity contribution is -0.113. The van der Waals surface area contributed by atoms with Crippen LogP contribution in [-0.4, -0.2) is 43.8 Å². The summed E-state index contributed by atoms with van der Waals surface area (Å²) >= 11 is 2.51. The van der Waals surface area contributed by atoms with Crippen molar-refractivity contribution in [2.24, 2.45) is 0 Å². The van der Waals surface area contributed by atoms with Crippen LogP contribution in [0.3, 0.4) is 0 Å². The molecular formula is C20H25N5O3S2. The number of nitrogens with one attached hydrogen (secondary N) is 1. The molecule has 0 atom stereocenters. The van der Waals surface area contributed by atoms with E-state index < -0.39 is 5.97 Å². The van der Waals surface area contributed by atoms with Gasteiger partial charge >= 0.3 is 5.97 Å². The van der Waals surface area contributed by atoms with Crippen LogP contribution in [0.25, 0.3) is 5.78 Å². The SMILES string of the molecule is CCCCc1c(C)nc2nc(SCC(=O)Nc3sccc3C(=O)OCC)nn2c1C. The van der Waals surface area contributed by atoms with Crippen LogP contribution in [0.4, 0.5) is 5.00 Å². The molecule has 0 aromatic carbocycles. The molecule has 0 aliphatic carbocycles. The molecule has 0 saturated heterocycles. The van der Waals surface area contributed by atoms with Crippen LogP contribution in [0.15, 0.2) is 16.6 Å². The van der Waals surface area contributed by atoms with E-state index in [1.807, 2.05) is 13.8 Å². The number of hydrogen-bond donors (Lipinski definition) is 1. The maximum absolute atomic E-state index is 12.4. The van der Waals surface area contributed by atoms with Gasteiger partial charge in [-0.25, -0.2) is 14.3 Å². The highest BCUT2D eigenvalue weighted by Crippen LogP contribution is 2.25. The average molecular weight is 448 g/mol. The molecule has 0 aliphatic rings. The predicted molar refractivity (Wildman–Crippen MR) is 118 cm³/mol. The Morgan fingerprint density at radius 2 is 2.07 bits per heavy atom. The molecule has 3 aromatic rings. The van der Waals surface area contributed by atoms with E-state index in [0.717, 1.165) is 30.7 Å². The number of fused-ring (bicyclic) bond motifs is 1. The smallest absolute Gasteiger partial charge is 0.341 e. The van der Waals surface area contributed by atoms with Gasteiger partial charge in [-0.15, -0.1) is 16.4 Å². The number of nitrogens with zero attached hydrogens (tertiary/aromatic N) is 4. The van der Waals surface area contributed by atoms with Crippen LogP contribution < -0.4 is 5.32 Å². The summed E-state index contributed by atoms with van der Waals surface area (Å²) < 4.78 is 6.75. The van der Waals surface area contributed by atoms with E-state index in [9.17, 15) is 9.59 Å². The zero-order chi connectivity index (χ0) is 21.7. The molecule has 30 heavy (non-hydrogen) atoms. The zero-order valence-corrected chi connectivity index (χ0v) is 19.2. The second-order valence-corrected chi connectivity index (χ2v) is 8.55. The number of ether oxygens (including phenoxy) is 1. The van der Waals surface area contributed by atoms with Crippen LogP contribution in [-0.2, 0) is 16.0 Å². The molecule has 3 aromatic heterocycles. The predicted octanol–water partition coefficient (Wildman–Crippen LogP) is 4.05. The third-order valence-corrected chi connectivity index (χ3v) is 6.22. The summed E-state index contributed by atoms with van der Waals surface area (Å²) in [7, 11) is 0. The van der Waals surface area contributed by atoms with Gasteiger partial charge in [-0.05, 0) is 50.6 Å². The van der Waals surface area contributed by atoms with E-state index in [1.165, 1.54) is 28.7 Å². The van der Waals surface area contributed by atoms with Gasteiger partial charge in [0.25, 0.3) is 5.78 Å². The van der Waals surface area contributed by atoms with Gasteiger partial charge in [0.2, 0.25) is 11.1 Å². The van der Waals surface area contributed by atoms with Crippen LogP contribution >= 0.6 is 23.1 Å². The Morgan fingerprint density at radius 3 is 2.80 bits per heavy atom. The highest BCUT2D eigenvalue weighted by molar-refractivity contribution is 7.99. The molecule has 8 nitrogen and oxygen atoms in total. The van der Waals surface area contributed by atoms with E-state index in [2.05, 4.69) is 27.3 Å². The summed E-state index contributed by atoms with van der Waals surface area (Å²) in [5.41, 5.74) is 3.57. The number of aromatic nitrogens is 4. The van der Waals surface area contributed by atoms with Gasteiger partial charge < -0.3 is 10.1 Å². The summed E-state index contributed by atoms with van der Waals surface area (Å²) in [6.07, 6.45) is 3.18. The molecule has 3 heterocycles. The van der Waals surface area contributed by atoms with Crippen molar-refractivity contribution in [3.8, 4) is 0 Å². The largest absolute Gasteiger partial charge is 0.462 e. The Hall–Kier alpha value is -2.46. The zero-order valence-electron chi connectivity index (χ0n) is 17.5. The first-order valence-corrected chi connectivity index (χ1v) is 11.7. The lowest BCUT2D eigenvalue weighted by Gasteiger charge is -2.09. The van der Waals surface area contributed by atoms with Crippen molar-refractivity contribution < 1.29 is 14.3 Å². The van der Waals surface area contributed by atoms with E-state index >= 15 is 0 Å². The molecule has 0 bridgehead atoms. The third kappa shape index (κ3) is 4.99. The molecule has 3 rings (SSSR count). The topological polar surface area (TPSA) is 98.5 Å². The number of aryl methyl sites for hydroxylation is 2. The van der Waals surface area contributed by atoms with Crippen molar-refractivity contribution in [3.05, 3.63) is 34.0 Å². The summed E-state index contributed by atoms with van der Waals surface area (Å²) in [5, 5.41) is 10.00. The fourth-order valence-corrected chi connectivity index (χ4v) is 4.44. The van der Waals surface area contributed by atoms with Crippen LogP contribution in [0.1, 0.15) is 54.0 Å². The molecule has 0 radical (unpaired) electrons. The first kappa shape index (κ1) is 22.2. The van der Waals surface area contributed by atoms with Crippen LogP contribution in [0, 0.1) is 13.8 Å². The Kier molecular flexibility index (Phi) is 7.43. The van der Waals surface area contributed by atoms with E-state index in [0.29, 0.717) is 21.5 Å². The van der Waals surface area contributed by atoms with Gasteiger partial charge in [0.1, 0.15) is 5.00 Å². The van der Waals surface area contributed by atoms with Gasteiger partial charge in [0, 0.05) is 11.4 Å². The molecule has 0 spiro atoms. The molecule has 160 valence electrons. The minimum Gasteiger partial charge on any atom is -0.462 e. The monoisotopic (exact) mass is 447 g/mol. The Bertz CT molecular complexity index is 1060. The lowest BCUT2D eigenvalue weighted by Crippen LogP contribution is -2.16. The minimum absolute atomic E-state index is 0.123. The van der Waals surface area contributed by atoms with Gasteiger partial charge in [0.15, 0.2) is 0 Å². The second-order valence-electron chi connectivity index (χ2n) is 6.69. The highest BCUT2D eigenvalue weighted by atomic mass is 32.2. The fourth-order valence-electron chi connectivity index (χ4n) is 3.03. The molecule has 1 amide bonds. The highest BCUT2D eigenvalue weighted by Gasteiger charge is 2.18. The maximum Gasteiger partial charge on any atom is 0.341 e. The van der Waals surface area contributed by atoms with Crippen molar-refractivity contribution in [2.45, 2.75) is 52.1 Å². The number of amides is 1. The first-order valence-electron chi connectivity index (χ1n) is 9.84. The Morgan fingerprint density at radius 1 is 1.27 bits per heavy atom. The van der Waals surface area contributed by atoms with Gasteiger partial charge in [-0.1, -0.05) is 25.1 Å². The third-order valence-electron chi connectivity index (χ3n) is 4.56. The molecule has 1 N–H and O–H groups in total. The first-order chi connectivity index (χ1) is 14.4. The number of thiophene rings is 1. The van der Waals surface area contributed by atoms with Crippen LogP contribution in [0.5, 0.6) is 0 Å². The van der Waals surface area contributed by atoms with Crippen molar-refractivity contribution in [2.75, 3.05) is 17.7 Å². The number of esters is 1. The second kappa shape index (κ2) is 10.0. The number of carbonyl (C=O) groups excluding carboxylic acids is 2. The Balaban J connectivity index is 1.67. The van der Waals surface area contributed by atoms with E-state index in [-0.39, 0.29) is 18.3 Å². The minimum atomic E-state index is -0.445. The number of rotatable bonds is 9. The summed E-state index contributed by atoms with van der Waals surface area (Å²) in [5.74, 6) is -0.0236. The normalized spacial score (nSPS) is 11.1. The number of unbranched alkanes of at least 4 members (excludes halogenated alkanes) is 1. The van der Waals surface area contributed by atoms with Gasteiger partial charge in [0.05, 0.1) is 17.9 Å². The summed E-state index contributed by atoms with van der Waals surface area (Å²) in [4.78, 5) is 33.3. The maximum atomic E-state index is 12.4. The number of thioether (sulfide) groups is 1. The lowest BCUT2D eigenvalue weighted by atomic mass is 10.1. The quantitative estimate of drug-likeness (QED) is 0.390. The van der Waals surface area contributed by atoms with Crippen molar-refractivity contribution in [3.63, 3.8) is 0 Å². The number of carbonyl (C=O) groups is 2. The van der Waals surface area contributed by atoms with Crippen molar-refractivity contribution in [1.82, 2.24) is 19.6 Å². The summed E-state index contributed by atoms with van der Waals surface area (Å²) in [6, 6.07) is 1.64. The standard InChI is InChI=1S/C20H25N5O3S2/c1-5-7-8-14-12(3)21-19-23-20(24-25(19)13(14)4)30-11-16(26)22-17-15(9-10-29-17)18(27)28-6-2/h9-10H,5-8,11H2,1-4H3,(H,22,26). The van der Waals surface area contributed by atoms with E-state index in [1.54, 1.807) is 22.9 Å².